The van der Waals surface area contributed by atoms with Gasteiger partial charge >= 0.3 is 12.7 Å². The number of rotatable bonds is 11. The number of esters is 1. The number of carbonyl (C=O) groups excluding carboxylic acids is 1. The van der Waals surface area contributed by atoms with Gasteiger partial charge < -0.3 is 29.3 Å². The molecule has 0 spiro atoms. The van der Waals surface area contributed by atoms with E-state index in [1.807, 2.05) is 0 Å². The summed E-state index contributed by atoms with van der Waals surface area (Å²) in [4.78, 5) is 30.3. The summed E-state index contributed by atoms with van der Waals surface area (Å²) in [6, 6.07) is 0. The smallest absolute Gasteiger partial charge is 0.331 e. The molecule has 4 N–H and O–H groups in total. The molecule has 0 saturated heterocycles. The van der Waals surface area contributed by atoms with Crippen LogP contribution >= 0.6 is 6.72 Å². The Morgan fingerprint density at radius 1 is 1.32 bits per heavy atom. The van der Waals surface area contributed by atoms with Gasteiger partial charge in [-0.15, -0.1) is 0 Å². The lowest BCUT2D eigenvalue weighted by Gasteiger charge is -2.25. The van der Waals surface area contributed by atoms with Crippen LogP contribution in [-0.2, 0) is 25.9 Å². The van der Waals surface area contributed by atoms with Crippen molar-refractivity contribution >= 4 is 24.5 Å². The van der Waals surface area contributed by atoms with Gasteiger partial charge in [0.1, 0.15) is 6.10 Å². The molecule has 0 aliphatic carbocycles. The fourth-order valence-electron chi connectivity index (χ4n) is 2.38. The van der Waals surface area contributed by atoms with Crippen molar-refractivity contribution in [1.82, 2.24) is 0 Å². The molecule has 156 valence electrons. The van der Waals surface area contributed by atoms with Crippen molar-refractivity contribution in [3.63, 3.8) is 0 Å². The van der Waals surface area contributed by atoms with Crippen LogP contribution in [-0.4, -0.2) is 50.9 Å². The number of hydrogen-bond donors (Lipinski definition) is 4. The molecule has 9 heteroatoms. The van der Waals surface area contributed by atoms with Crippen molar-refractivity contribution in [2.45, 2.75) is 38.1 Å². The summed E-state index contributed by atoms with van der Waals surface area (Å²) in [5, 5.41) is 18.8. The third-order valence-corrected chi connectivity index (χ3v) is 4.56. The van der Waals surface area contributed by atoms with Crippen LogP contribution < -0.4 is 0 Å². The third-order valence-electron chi connectivity index (χ3n) is 3.76. The molecule has 4 atom stereocenters. The van der Waals surface area contributed by atoms with Crippen molar-refractivity contribution in [3.05, 3.63) is 60.8 Å². The van der Waals surface area contributed by atoms with Crippen LogP contribution in [0.3, 0.4) is 0 Å². The summed E-state index contributed by atoms with van der Waals surface area (Å²) in [6.45, 7) is -2.19. The molecule has 0 aromatic carbocycles. The average Bonchev–Trinajstić information content (AvgIpc) is 2.61. The van der Waals surface area contributed by atoms with Crippen LogP contribution in [0.2, 0.25) is 0 Å². The zero-order chi connectivity index (χ0) is 21.0. The molecule has 0 fully saturated rings. The van der Waals surface area contributed by atoms with Gasteiger partial charge in [0.05, 0.1) is 18.8 Å². The Kier molecular flexibility index (Phi) is 11.4. The molecule has 0 amide bonds. The molecule has 0 bridgehead atoms. The Balaban J connectivity index is 2.70. The third kappa shape index (κ3) is 11.5. The molecule has 1 unspecified atom stereocenters. The van der Waals surface area contributed by atoms with Gasteiger partial charge in [0, 0.05) is 24.8 Å². The number of allylic oxidation sites excluding steroid dienone is 4. The minimum absolute atomic E-state index is 0.0499. The van der Waals surface area contributed by atoms with Crippen LogP contribution in [0.1, 0.15) is 19.8 Å². The fourth-order valence-corrected chi connectivity index (χ4v) is 3.35. The maximum atomic E-state index is 11.3. The Morgan fingerprint density at radius 2 is 2.04 bits per heavy atom. The van der Waals surface area contributed by atoms with Crippen molar-refractivity contribution in [3.8, 4) is 0 Å². The van der Waals surface area contributed by atoms with E-state index >= 15 is 0 Å². The van der Waals surface area contributed by atoms with Crippen LogP contribution in [0.4, 0.5) is 0 Å². The SMILES string of the molecule is C[C@@H](/C=C/[C@H]1CC=CC(=O)O1)C(C[C@@H](O)\C=C/C=C\C=C\CO)OP(O)(O)=S. The molecule has 7 nitrogen and oxygen atoms in total. The first kappa shape index (κ1) is 24.7. The quantitative estimate of drug-likeness (QED) is 0.170. The Bertz CT molecular complexity index is 678. The minimum atomic E-state index is -3.92. The van der Waals surface area contributed by atoms with E-state index in [0.717, 1.165) is 0 Å². The molecule has 1 aliphatic heterocycles. The standard InChI is InChI=1S/C19H27O7PS/c1-15(11-12-17-9-7-10-19(22)25-17)18(26-27(23,24)28)14-16(21)8-5-3-2-4-6-13-20/h2-8,10-12,15-18,20-21H,9,13-14H2,1H3,(H2,23,24,28)/b3-2-,6-4+,8-5-,12-11+/t15-,16-,17+,18?/m0/s1. The van der Waals surface area contributed by atoms with Crippen molar-refractivity contribution in [2.75, 3.05) is 6.61 Å². The van der Waals surface area contributed by atoms with Gasteiger partial charge in [0.15, 0.2) is 0 Å². The van der Waals surface area contributed by atoms with Gasteiger partial charge in [-0.1, -0.05) is 55.5 Å². The molecule has 0 aromatic heterocycles. The van der Waals surface area contributed by atoms with E-state index in [9.17, 15) is 19.7 Å². The number of aliphatic hydroxyl groups excluding tert-OH is 2. The number of ether oxygens (including phenoxy) is 1. The summed E-state index contributed by atoms with van der Waals surface area (Å²) < 4.78 is 10.3. The molecule has 0 radical (unpaired) electrons. The number of aliphatic hydroxyl groups is 2. The summed E-state index contributed by atoms with van der Waals surface area (Å²) in [5.74, 6) is -0.734. The molecule has 1 heterocycles. The van der Waals surface area contributed by atoms with E-state index in [1.165, 1.54) is 12.2 Å². The van der Waals surface area contributed by atoms with Gasteiger partial charge in [0.2, 0.25) is 0 Å². The molecule has 1 rings (SSSR count). The van der Waals surface area contributed by atoms with Gasteiger partial charge in [-0.3, -0.25) is 0 Å². The predicted octanol–water partition coefficient (Wildman–Crippen LogP) is 2.06. The van der Waals surface area contributed by atoms with E-state index < -0.39 is 31.0 Å². The first-order valence-corrected chi connectivity index (χ1v) is 11.4. The summed E-state index contributed by atoms with van der Waals surface area (Å²) in [6.07, 6.45) is 14.9. The highest BCUT2D eigenvalue weighted by Gasteiger charge is 2.25. The summed E-state index contributed by atoms with van der Waals surface area (Å²) in [5.41, 5.74) is 0. The monoisotopic (exact) mass is 430 g/mol. The van der Waals surface area contributed by atoms with Crippen molar-refractivity contribution in [1.29, 1.82) is 0 Å². The summed E-state index contributed by atoms with van der Waals surface area (Å²) in [7, 11) is 0. The fraction of sp³-hybridized carbons (Fsp3) is 0.421. The highest BCUT2D eigenvalue weighted by Crippen LogP contribution is 2.41. The maximum absolute atomic E-state index is 11.3. The Hall–Kier alpha value is -1.38. The van der Waals surface area contributed by atoms with Gasteiger partial charge in [0.25, 0.3) is 0 Å². The van der Waals surface area contributed by atoms with E-state index in [0.29, 0.717) is 6.42 Å². The van der Waals surface area contributed by atoms with Crippen LogP contribution in [0, 0.1) is 5.92 Å². The highest BCUT2D eigenvalue weighted by molar-refractivity contribution is 8.06. The van der Waals surface area contributed by atoms with Gasteiger partial charge in [-0.05, 0) is 17.9 Å². The van der Waals surface area contributed by atoms with Crippen molar-refractivity contribution in [2.24, 2.45) is 5.92 Å². The summed E-state index contributed by atoms with van der Waals surface area (Å²) >= 11 is 4.56. The van der Waals surface area contributed by atoms with E-state index in [1.54, 1.807) is 55.5 Å². The first-order chi connectivity index (χ1) is 13.2. The Labute approximate surface area is 170 Å². The number of cyclic esters (lactones) is 1. The molecular formula is C19H27O7PS. The van der Waals surface area contributed by atoms with Crippen LogP contribution in [0.15, 0.2) is 60.8 Å². The molecule has 0 aromatic rings. The van der Waals surface area contributed by atoms with E-state index in [2.05, 4.69) is 11.8 Å². The number of carbonyl (C=O) groups is 1. The topological polar surface area (TPSA) is 116 Å². The minimum Gasteiger partial charge on any atom is -0.455 e. The molecule has 0 saturated carbocycles. The second-order valence-electron chi connectivity index (χ2n) is 6.18. The zero-order valence-corrected chi connectivity index (χ0v) is 17.3. The van der Waals surface area contributed by atoms with E-state index in [-0.39, 0.29) is 18.9 Å². The van der Waals surface area contributed by atoms with Gasteiger partial charge in [-0.25, -0.2) is 4.79 Å². The van der Waals surface area contributed by atoms with Gasteiger partial charge in [-0.2, -0.15) is 0 Å². The lowest BCUT2D eigenvalue weighted by Crippen LogP contribution is -2.25. The molecular weight excluding hydrogens is 403 g/mol. The average molecular weight is 430 g/mol. The lowest BCUT2D eigenvalue weighted by molar-refractivity contribution is -0.141. The highest BCUT2D eigenvalue weighted by atomic mass is 32.5. The van der Waals surface area contributed by atoms with Crippen LogP contribution in [0.5, 0.6) is 0 Å². The maximum Gasteiger partial charge on any atom is 0.331 e. The normalized spacial score (nSPS) is 21.8. The second-order valence-corrected chi connectivity index (χ2v) is 8.79. The zero-order valence-electron chi connectivity index (χ0n) is 15.6. The predicted molar refractivity (Wildman–Crippen MR) is 111 cm³/mol. The number of hydrogen-bond acceptors (Lipinski definition) is 6. The molecule has 1 aliphatic rings. The van der Waals surface area contributed by atoms with Crippen LogP contribution in [0.25, 0.3) is 0 Å². The second kappa shape index (κ2) is 13.0. The first-order valence-electron chi connectivity index (χ1n) is 8.79. The largest absolute Gasteiger partial charge is 0.455 e. The van der Waals surface area contributed by atoms with Crippen molar-refractivity contribution < 1.29 is 34.1 Å². The van der Waals surface area contributed by atoms with E-state index in [4.69, 9.17) is 14.4 Å². The Morgan fingerprint density at radius 3 is 2.68 bits per heavy atom. The lowest BCUT2D eigenvalue weighted by atomic mass is 9.97. The molecule has 28 heavy (non-hydrogen) atoms.